The summed E-state index contributed by atoms with van der Waals surface area (Å²) < 4.78 is 5.40. The van der Waals surface area contributed by atoms with Crippen LogP contribution in [0.4, 0.5) is 0 Å². The molecular formula is C15H28O2. The molecule has 0 aliphatic heterocycles. The minimum Gasteiger partial charge on any atom is -0.370 e. The number of carbonyl (C=O) groups is 1. The standard InChI is InChI=1S/C15H28O2/c1-3-4-5-6-7-8-9-11-14(16)15(17-2)12-10-13-15/h3-13H2,1-2H3. The Morgan fingerprint density at radius 1 is 1.06 bits per heavy atom. The van der Waals surface area contributed by atoms with E-state index in [9.17, 15) is 4.79 Å². The molecule has 0 amide bonds. The van der Waals surface area contributed by atoms with Crippen LogP contribution >= 0.6 is 0 Å². The van der Waals surface area contributed by atoms with Crippen LogP contribution in [0.2, 0.25) is 0 Å². The number of unbranched alkanes of at least 4 members (excludes halogenated alkanes) is 6. The Hall–Kier alpha value is -0.370. The fourth-order valence-corrected chi connectivity index (χ4v) is 2.57. The van der Waals surface area contributed by atoms with Crippen LogP contribution in [0.1, 0.15) is 77.6 Å². The van der Waals surface area contributed by atoms with Crippen LogP contribution in [-0.4, -0.2) is 18.5 Å². The van der Waals surface area contributed by atoms with Crippen molar-refractivity contribution in [3.8, 4) is 0 Å². The monoisotopic (exact) mass is 240 g/mol. The highest BCUT2D eigenvalue weighted by Crippen LogP contribution is 2.37. The lowest BCUT2D eigenvalue weighted by Gasteiger charge is -2.38. The van der Waals surface area contributed by atoms with Gasteiger partial charge in [0.1, 0.15) is 5.60 Å². The molecule has 0 aromatic heterocycles. The van der Waals surface area contributed by atoms with Gasteiger partial charge in [0.2, 0.25) is 0 Å². The Bertz CT molecular complexity index is 213. The van der Waals surface area contributed by atoms with Crippen molar-refractivity contribution in [3.63, 3.8) is 0 Å². The molecule has 0 radical (unpaired) electrons. The van der Waals surface area contributed by atoms with E-state index in [1.807, 2.05) is 0 Å². The number of Topliss-reactive ketones (excluding diaryl/α,β-unsaturated/α-hetero) is 1. The van der Waals surface area contributed by atoms with Gasteiger partial charge in [-0.05, 0) is 25.7 Å². The zero-order valence-electron chi connectivity index (χ0n) is 11.6. The fourth-order valence-electron chi connectivity index (χ4n) is 2.57. The average Bonchev–Trinajstić information content (AvgIpc) is 2.27. The van der Waals surface area contributed by atoms with Crippen molar-refractivity contribution in [2.45, 2.75) is 83.2 Å². The number of rotatable bonds is 10. The zero-order valence-corrected chi connectivity index (χ0v) is 11.6. The summed E-state index contributed by atoms with van der Waals surface area (Å²) in [5.41, 5.74) is -0.373. The molecule has 1 rings (SSSR count). The van der Waals surface area contributed by atoms with Crippen molar-refractivity contribution in [1.29, 1.82) is 0 Å². The van der Waals surface area contributed by atoms with Crippen molar-refractivity contribution >= 4 is 5.78 Å². The molecule has 0 N–H and O–H groups in total. The van der Waals surface area contributed by atoms with Gasteiger partial charge in [-0.3, -0.25) is 4.79 Å². The van der Waals surface area contributed by atoms with Crippen LogP contribution in [-0.2, 0) is 9.53 Å². The van der Waals surface area contributed by atoms with Gasteiger partial charge in [0.05, 0.1) is 0 Å². The first-order valence-corrected chi connectivity index (χ1v) is 7.33. The van der Waals surface area contributed by atoms with Crippen LogP contribution < -0.4 is 0 Å². The molecule has 17 heavy (non-hydrogen) atoms. The second-order valence-corrected chi connectivity index (χ2v) is 5.35. The number of methoxy groups -OCH3 is 1. The fraction of sp³-hybridized carbons (Fsp3) is 0.933. The third-order valence-electron chi connectivity index (χ3n) is 4.07. The summed E-state index contributed by atoms with van der Waals surface area (Å²) >= 11 is 0. The molecule has 0 unspecified atom stereocenters. The third kappa shape index (κ3) is 4.42. The molecule has 1 saturated carbocycles. The maximum atomic E-state index is 12.0. The smallest absolute Gasteiger partial charge is 0.164 e. The van der Waals surface area contributed by atoms with Gasteiger partial charge in [-0.2, -0.15) is 0 Å². The molecule has 1 aliphatic rings. The summed E-state index contributed by atoms with van der Waals surface area (Å²) in [7, 11) is 1.68. The molecular weight excluding hydrogens is 212 g/mol. The predicted octanol–water partition coefficient (Wildman–Crippen LogP) is 4.27. The molecule has 0 spiro atoms. The van der Waals surface area contributed by atoms with Gasteiger partial charge in [0, 0.05) is 13.5 Å². The molecule has 2 nitrogen and oxygen atoms in total. The molecule has 100 valence electrons. The minimum atomic E-state index is -0.373. The second kappa shape index (κ2) is 7.86. The van der Waals surface area contributed by atoms with E-state index < -0.39 is 0 Å². The topological polar surface area (TPSA) is 26.3 Å². The van der Waals surface area contributed by atoms with Gasteiger partial charge in [-0.1, -0.05) is 45.4 Å². The van der Waals surface area contributed by atoms with Crippen molar-refractivity contribution in [1.82, 2.24) is 0 Å². The van der Waals surface area contributed by atoms with Gasteiger partial charge < -0.3 is 4.74 Å². The Morgan fingerprint density at radius 3 is 2.12 bits per heavy atom. The Balaban J connectivity index is 2.00. The number of hydrogen-bond acceptors (Lipinski definition) is 2. The Labute approximate surface area is 106 Å². The van der Waals surface area contributed by atoms with Crippen LogP contribution in [0.3, 0.4) is 0 Å². The van der Waals surface area contributed by atoms with E-state index in [2.05, 4.69) is 6.92 Å². The first kappa shape index (κ1) is 14.7. The number of ether oxygens (including phenoxy) is 1. The first-order chi connectivity index (χ1) is 8.25. The quantitative estimate of drug-likeness (QED) is 0.533. The molecule has 0 aromatic carbocycles. The first-order valence-electron chi connectivity index (χ1n) is 7.33. The molecule has 0 aromatic rings. The van der Waals surface area contributed by atoms with Gasteiger partial charge in [0.25, 0.3) is 0 Å². The van der Waals surface area contributed by atoms with E-state index in [1.54, 1.807) is 7.11 Å². The van der Waals surface area contributed by atoms with Crippen LogP contribution in [0.15, 0.2) is 0 Å². The van der Waals surface area contributed by atoms with E-state index in [1.165, 1.54) is 38.5 Å². The zero-order chi connectivity index (χ0) is 12.6. The lowest BCUT2D eigenvalue weighted by Crippen LogP contribution is -2.46. The summed E-state index contributed by atoms with van der Waals surface area (Å²) in [6.45, 7) is 2.24. The van der Waals surface area contributed by atoms with Crippen LogP contribution in [0.25, 0.3) is 0 Å². The van der Waals surface area contributed by atoms with Crippen molar-refractivity contribution < 1.29 is 9.53 Å². The van der Waals surface area contributed by atoms with Crippen molar-refractivity contribution in [2.75, 3.05) is 7.11 Å². The summed E-state index contributed by atoms with van der Waals surface area (Å²) in [5, 5.41) is 0. The summed E-state index contributed by atoms with van der Waals surface area (Å²) in [5.74, 6) is 0.347. The lowest BCUT2D eigenvalue weighted by atomic mass is 9.75. The lowest BCUT2D eigenvalue weighted by molar-refractivity contribution is -0.151. The van der Waals surface area contributed by atoms with E-state index in [0.29, 0.717) is 5.78 Å². The highest BCUT2D eigenvalue weighted by molar-refractivity contribution is 5.88. The van der Waals surface area contributed by atoms with Gasteiger partial charge >= 0.3 is 0 Å². The summed E-state index contributed by atoms with van der Waals surface area (Å²) in [6.07, 6.45) is 12.6. The van der Waals surface area contributed by atoms with Crippen molar-refractivity contribution in [3.05, 3.63) is 0 Å². The molecule has 0 atom stereocenters. The summed E-state index contributed by atoms with van der Waals surface area (Å²) in [4.78, 5) is 12.0. The van der Waals surface area contributed by atoms with Gasteiger partial charge in [0.15, 0.2) is 5.78 Å². The van der Waals surface area contributed by atoms with Crippen LogP contribution in [0, 0.1) is 0 Å². The van der Waals surface area contributed by atoms with E-state index in [0.717, 1.165) is 32.1 Å². The van der Waals surface area contributed by atoms with E-state index >= 15 is 0 Å². The molecule has 0 heterocycles. The number of ketones is 1. The molecule has 0 saturated heterocycles. The highest BCUT2D eigenvalue weighted by Gasteiger charge is 2.43. The van der Waals surface area contributed by atoms with Crippen LogP contribution in [0.5, 0.6) is 0 Å². The SMILES string of the molecule is CCCCCCCCCC(=O)C1(OC)CCC1. The Kier molecular flexibility index (Phi) is 6.79. The third-order valence-corrected chi connectivity index (χ3v) is 4.07. The minimum absolute atomic E-state index is 0.347. The normalized spacial score (nSPS) is 17.8. The molecule has 1 aliphatic carbocycles. The Morgan fingerprint density at radius 2 is 1.65 bits per heavy atom. The molecule has 2 heteroatoms. The highest BCUT2D eigenvalue weighted by atomic mass is 16.5. The van der Waals surface area contributed by atoms with Gasteiger partial charge in [-0.25, -0.2) is 0 Å². The number of carbonyl (C=O) groups excluding carboxylic acids is 1. The predicted molar refractivity (Wildman–Crippen MR) is 71.2 cm³/mol. The number of hydrogen-bond donors (Lipinski definition) is 0. The average molecular weight is 240 g/mol. The van der Waals surface area contributed by atoms with Gasteiger partial charge in [-0.15, -0.1) is 0 Å². The molecule has 0 bridgehead atoms. The maximum absolute atomic E-state index is 12.0. The summed E-state index contributed by atoms with van der Waals surface area (Å²) in [6, 6.07) is 0. The van der Waals surface area contributed by atoms with Crippen molar-refractivity contribution in [2.24, 2.45) is 0 Å². The largest absolute Gasteiger partial charge is 0.370 e. The maximum Gasteiger partial charge on any atom is 0.164 e. The molecule has 1 fully saturated rings. The second-order valence-electron chi connectivity index (χ2n) is 5.35. The van der Waals surface area contributed by atoms with E-state index in [-0.39, 0.29) is 5.60 Å². The van der Waals surface area contributed by atoms with E-state index in [4.69, 9.17) is 4.74 Å².